The number of carbonyl (C=O) groups is 1. The van der Waals surface area contributed by atoms with E-state index < -0.39 is 29.8 Å². The zero-order chi connectivity index (χ0) is 26.6. The van der Waals surface area contributed by atoms with Crippen LogP contribution in [0.2, 0.25) is 0 Å². The number of alkyl halides is 1. The Morgan fingerprint density at radius 1 is 1.19 bits per heavy atom. The van der Waals surface area contributed by atoms with Gasteiger partial charge in [0, 0.05) is 24.8 Å². The number of β-amino-alcohol motifs (C(OH)–C–C–N with tert-alkyl or cyclic N) is 1. The monoisotopic (exact) mass is 509 g/mol. The quantitative estimate of drug-likeness (QED) is 0.478. The second-order valence-electron chi connectivity index (χ2n) is 10.5. The van der Waals surface area contributed by atoms with Crippen LogP contribution in [-0.4, -0.2) is 69.2 Å². The number of halogens is 1. The predicted molar refractivity (Wildman–Crippen MR) is 140 cm³/mol. The second-order valence-corrected chi connectivity index (χ2v) is 10.5. The Bertz CT molecular complexity index is 1170. The van der Waals surface area contributed by atoms with Crippen LogP contribution in [0.5, 0.6) is 0 Å². The Balaban J connectivity index is 1.83. The van der Waals surface area contributed by atoms with Crippen molar-refractivity contribution < 1.29 is 19.1 Å². The van der Waals surface area contributed by atoms with E-state index in [1.54, 1.807) is 0 Å². The summed E-state index contributed by atoms with van der Waals surface area (Å²) < 4.78 is 16.9. The summed E-state index contributed by atoms with van der Waals surface area (Å²) in [5, 5.41) is 11.1. The molecule has 0 saturated carbocycles. The fourth-order valence-electron chi connectivity index (χ4n) is 4.63. The van der Waals surface area contributed by atoms with Gasteiger partial charge in [0.2, 0.25) is 0 Å². The minimum atomic E-state index is -1.44. The molecular formula is C28H36FN5O3. The molecule has 1 fully saturated rings. The summed E-state index contributed by atoms with van der Waals surface area (Å²) in [5.74, 6) is 0.632. The average molecular weight is 510 g/mol. The van der Waals surface area contributed by atoms with E-state index in [1.165, 1.54) is 4.90 Å². The maximum absolute atomic E-state index is 14.8. The molecule has 8 nitrogen and oxygen atoms in total. The van der Waals surface area contributed by atoms with E-state index in [0.29, 0.717) is 12.4 Å². The fourth-order valence-corrected chi connectivity index (χ4v) is 4.63. The smallest absolute Gasteiger partial charge is 0.344 e. The number of hydroxylamine groups is 2. The Morgan fingerprint density at radius 3 is 2.41 bits per heavy atom. The lowest BCUT2D eigenvalue weighted by Gasteiger charge is -2.41. The maximum Gasteiger partial charge on any atom is 0.344 e. The number of aromatic nitrogens is 2. The van der Waals surface area contributed by atoms with Gasteiger partial charge in [-0.25, -0.2) is 19.2 Å². The van der Waals surface area contributed by atoms with Crippen LogP contribution >= 0.6 is 0 Å². The molecule has 4 rings (SSSR count). The normalized spacial score (nSPS) is 17.6. The van der Waals surface area contributed by atoms with Crippen molar-refractivity contribution in [2.45, 2.75) is 45.6 Å². The van der Waals surface area contributed by atoms with Gasteiger partial charge in [-0.1, -0.05) is 81.4 Å². The Hall–Kier alpha value is -3.27. The third-order valence-electron chi connectivity index (χ3n) is 6.36. The number of rotatable bonds is 8. The highest BCUT2D eigenvalue weighted by molar-refractivity contribution is 5.74. The largest absolute Gasteiger partial charge is 0.389 e. The molecule has 1 unspecified atom stereocenters. The molecule has 1 aliphatic heterocycles. The first-order valence-electron chi connectivity index (χ1n) is 12.6. The van der Waals surface area contributed by atoms with Crippen LogP contribution in [0.3, 0.4) is 0 Å². The molecule has 1 aromatic heterocycles. The summed E-state index contributed by atoms with van der Waals surface area (Å²) in [6, 6.07) is 18.7. The van der Waals surface area contributed by atoms with Gasteiger partial charge in [0.15, 0.2) is 0 Å². The van der Waals surface area contributed by atoms with Crippen molar-refractivity contribution in [1.29, 1.82) is 0 Å². The zero-order valence-electron chi connectivity index (χ0n) is 21.6. The molecule has 1 aliphatic rings. The topological polar surface area (TPSA) is 96.9 Å². The molecule has 0 bridgehead atoms. The van der Waals surface area contributed by atoms with Crippen LogP contribution in [0, 0.1) is 5.41 Å². The van der Waals surface area contributed by atoms with Crippen LogP contribution in [0.4, 0.5) is 9.18 Å². The summed E-state index contributed by atoms with van der Waals surface area (Å²) in [7, 11) is 0. The number of hydrogen-bond acceptors (Lipinski definition) is 5. The third-order valence-corrected chi connectivity index (χ3v) is 6.36. The number of hydrogen-bond donors (Lipinski definition) is 2. The van der Waals surface area contributed by atoms with Crippen molar-refractivity contribution in [3.05, 3.63) is 78.2 Å². The number of nitrogens with two attached hydrogens (primary N) is 1. The van der Waals surface area contributed by atoms with Crippen LogP contribution in [0.1, 0.15) is 38.2 Å². The number of aliphatic hydroxyl groups is 1. The molecule has 2 aromatic carbocycles. The lowest BCUT2D eigenvalue weighted by molar-refractivity contribution is -0.0870. The molecule has 3 N–H and O–H groups in total. The summed E-state index contributed by atoms with van der Waals surface area (Å²) in [4.78, 5) is 25.6. The van der Waals surface area contributed by atoms with Crippen molar-refractivity contribution in [2.24, 2.45) is 11.1 Å². The SMILES string of the molecule is CC(C)(C)[C@H](c1nc(-c2ccccc2)cn1Cc1ccccc1)N(C[C@H](F)CN)C(=O)N1CC(O)CO1. The van der Waals surface area contributed by atoms with E-state index in [9.17, 15) is 14.3 Å². The van der Waals surface area contributed by atoms with E-state index in [4.69, 9.17) is 15.6 Å². The van der Waals surface area contributed by atoms with Crippen LogP contribution in [-0.2, 0) is 11.4 Å². The molecular weight excluding hydrogens is 473 g/mol. The standard InChI is InChI=1S/C28H36FN5O3/c1-28(2,3)25(33(16-22(29)14-30)27(36)34-17-23(35)19-37-34)26-31-24(21-12-8-5-9-13-21)18-32(26)15-20-10-6-4-7-11-20/h4-13,18,22-23,25,35H,14-17,19,30H2,1-3H3/t22-,23?,25+/m1/s1. The van der Waals surface area contributed by atoms with E-state index in [1.807, 2.05) is 92.2 Å². The fraction of sp³-hybridized carbons (Fsp3) is 0.429. The number of aliphatic hydroxyl groups excluding tert-OH is 1. The van der Waals surface area contributed by atoms with Crippen molar-refractivity contribution in [3.8, 4) is 11.3 Å². The van der Waals surface area contributed by atoms with Crippen LogP contribution < -0.4 is 5.73 Å². The molecule has 3 aromatic rings. The molecule has 0 spiro atoms. The molecule has 9 heteroatoms. The molecule has 0 aliphatic carbocycles. The van der Waals surface area contributed by atoms with Crippen LogP contribution in [0.25, 0.3) is 11.3 Å². The second kappa shape index (κ2) is 11.4. The molecule has 2 heterocycles. The zero-order valence-corrected chi connectivity index (χ0v) is 21.6. The van der Waals surface area contributed by atoms with Crippen molar-refractivity contribution >= 4 is 6.03 Å². The highest BCUT2D eigenvalue weighted by Crippen LogP contribution is 2.40. The summed E-state index contributed by atoms with van der Waals surface area (Å²) in [6.07, 6.45) is -0.253. The van der Waals surface area contributed by atoms with E-state index in [-0.39, 0.29) is 26.2 Å². The van der Waals surface area contributed by atoms with Gasteiger partial charge in [-0.2, -0.15) is 0 Å². The average Bonchev–Trinajstić information content (AvgIpc) is 3.50. The Kier molecular flexibility index (Phi) is 8.26. The molecule has 198 valence electrons. The number of amides is 2. The van der Waals surface area contributed by atoms with Crippen molar-refractivity contribution in [3.63, 3.8) is 0 Å². The molecule has 1 saturated heterocycles. The van der Waals surface area contributed by atoms with E-state index in [0.717, 1.165) is 21.9 Å². The molecule has 37 heavy (non-hydrogen) atoms. The third kappa shape index (κ3) is 6.36. The lowest BCUT2D eigenvalue weighted by Crippen LogP contribution is -2.51. The summed E-state index contributed by atoms with van der Waals surface area (Å²) >= 11 is 0. The van der Waals surface area contributed by atoms with Gasteiger partial charge in [-0.15, -0.1) is 0 Å². The van der Waals surface area contributed by atoms with Crippen molar-refractivity contribution in [2.75, 3.05) is 26.2 Å². The predicted octanol–water partition coefficient (Wildman–Crippen LogP) is 4.01. The number of imidazole rings is 1. The van der Waals surface area contributed by atoms with E-state index in [2.05, 4.69) is 0 Å². The highest BCUT2D eigenvalue weighted by atomic mass is 19.1. The highest BCUT2D eigenvalue weighted by Gasteiger charge is 2.42. The van der Waals surface area contributed by atoms with Gasteiger partial charge in [0.05, 0.1) is 24.8 Å². The first-order chi connectivity index (χ1) is 17.7. The first kappa shape index (κ1) is 26.8. The Labute approximate surface area is 217 Å². The van der Waals surface area contributed by atoms with Crippen molar-refractivity contribution in [1.82, 2.24) is 19.5 Å². The number of nitrogens with zero attached hydrogens (tertiary/aromatic N) is 4. The summed E-state index contributed by atoms with van der Waals surface area (Å²) in [5.41, 5.74) is 7.88. The number of urea groups is 1. The first-order valence-corrected chi connectivity index (χ1v) is 12.6. The van der Waals surface area contributed by atoms with Gasteiger partial charge in [0.25, 0.3) is 0 Å². The minimum absolute atomic E-state index is 0.0104. The molecule has 3 atom stereocenters. The number of carbonyl (C=O) groups excluding carboxylic acids is 1. The molecule has 0 radical (unpaired) electrons. The maximum atomic E-state index is 14.8. The van der Waals surface area contributed by atoms with Gasteiger partial charge >= 0.3 is 6.03 Å². The number of benzene rings is 2. The molecule has 2 amide bonds. The Morgan fingerprint density at radius 2 is 1.84 bits per heavy atom. The van der Waals surface area contributed by atoms with E-state index >= 15 is 0 Å². The van der Waals surface area contributed by atoms with Crippen LogP contribution in [0.15, 0.2) is 66.9 Å². The van der Waals surface area contributed by atoms with Gasteiger partial charge in [0.1, 0.15) is 24.7 Å². The lowest BCUT2D eigenvalue weighted by atomic mass is 9.84. The minimum Gasteiger partial charge on any atom is -0.389 e. The van der Waals surface area contributed by atoms with Gasteiger partial charge in [-0.3, -0.25) is 4.84 Å². The van der Waals surface area contributed by atoms with Gasteiger partial charge in [-0.05, 0) is 11.0 Å². The summed E-state index contributed by atoms with van der Waals surface area (Å²) in [6.45, 7) is 6.09. The van der Waals surface area contributed by atoms with Gasteiger partial charge < -0.3 is 20.3 Å².